The number of allylic oxidation sites excluding steroid dienone is 1. The topological polar surface area (TPSA) is 71.4 Å². The maximum atomic E-state index is 13.1. The number of hydrogen-bond acceptors (Lipinski definition) is 3. The molecule has 130 valence electrons. The van der Waals surface area contributed by atoms with E-state index in [9.17, 15) is 17.8 Å². The molecule has 0 radical (unpaired) electrons. The highest BCUT2D eigenvalue weighted by Crippen LogP contribution is 2.66. The fraction of sp³-hybridized carbons (Fsp3) is 0.500. The Hall–Kier alpha value is -0.980. The van der Waals surface area contributed by atoms with Gasteiger partial charge < -0.3 is 0 Å². The van der Waals surface area contributed by atoms with Crippen LogP contribution in [0.2, 0.25) is 0 Å². The summed E-state index contributed by atoms with van der Waals surface area (Å²) < 4.78 is 32.4. The number of hydrogen-bond donors (Lipinski definition) is 1. The van der Waals surface area contributed by atoms with E-state index in [1.54, 1.807) is 0 Å². The van der Waals surface area contributed by atoms with E-state index in [0.717, 1.165) is 22.9 Å². The molecule has 2 aliphatic rings. The van der Waals surface area contributed by atoms with Crippen LogP contribution in [-0.4, -0.2) is 24.5 Å². The molecule has 2 aliphatic carbocycles. The predicted octanol–water partition coefficient (Wildman–Crippen LogP) is 3.86. The van der Waals surface area contributed by atoms with Gasteiger partial charge in [-0.2, -0.15) is 8.42 Å². The van der Waals surface area contributed by atoms with Crippen molar-refractivity contribution in [3.63, 3.8) is 0 Å². The van der Waals surface area contributed by atoms with Gasteiger partial charge in [0.15, 0.2) is 5.78 Å². The van der Waals surface area contributed by atoms with E-state index in [1.165, 1.54) is 0 Å². The third-order valence-electron chi connectivity index (χ3n) is 5.92. The fourth-order valence-electron chi connectivity index (χ4n) is 4.48. The summed E-state index contributed by atoms with van der Waals surface area (Å²) in [6.45, 7) is 3.89. The van der Waals surface area contributed by atoms with Gasteiger partial charge in [0.1, 0.15) is 0 Å². The Morgan fingerprint density at radius 1 is 1.29 bits per heavy atom. The van der Waals surface area contributed by atoms with Gasteiger partial charge >= 0.3 is 0 Å². The summed E-state index contributed by atoms with van der Waals surface area (Å²) in [5.41, 5.74) is 1.31. The molecule has 0 heterocycles. The number of fused-ring (bicyclic) bond motifs is 2. The van der Waals surface area contributed by atoms with Gasteiger partial charge in [-0.25, -0.2) is 0 Å². The smallest absolute Gasteiger partial charge is 0.265 e. The average Bonchev–Trinajstić information content (AvgIpc) is 2.81. The maximum Gasteiger partial charge on any atom is 0.265 e. The van der Waals surface area contributed by atoms with E-state index in [4.69, 9.17) is 0 Å². The number of carbonyl (C=O) groups excluding carboxylic acids is 1. The van der Waals surface area contributed by atoms with E-state index in [2.05, 4.69) is 15.9 Å². The second-order valence-electron chi connectivity index (χ2n) is 7.43. The van der Waals surface area contributed by atoms with Crippen molar-refractivity contribution in [3.05, 3.63) is 41.0 Å². The highest BCUT2D eigenvalue weighted by Gasteiger charge is 2.67. The monoisotopic (exact) mass is 412 g/mol. The minimum Gasteiger partial charge on any atom is -0.294 e. The maximum absolute atomic E-state index is 13.1. The molecule has 0 saturated heterocycles. The molecule has 0 aromatic heterocycles. The third kappa shape index (κ3) is 2.68. The van der Waals surface area contributed by atoms with Crippen molar-refractivity contribution in [3.8, 4) is 0 Å². The molecule has 0 spiro atoms. The Morgan fingerprint density at radius 2 is 1.92 bits per heavy atom. The molecule has 4 nitrogen and oxygen atoms in total. The summed E-state index contributed by atoms with van der Waals surface area (Å²) in [6, 6.07) is 7.92. The highest BCUT2D eigenvalue weighted by atomic mass is 79.9. The molecule has 2 atom stereocenters. The molecule has 1 aromatic carbocycles. The van der Waals surface area contributed by atoms with Crippen LogP contribution >= 0.6 is 15.9 Å². The number of ketones is 1. The normalized spacial score (nSPS) is 30.2. The fourth-order valence-corrected chi connectivity index (χ4v) is 6.12. The Balaban J connectivity index is 2.03. The van der Waals surface area contributed by atoms with Crippen LogP contribution in [-0.2, 0) is 20.2 Å². The Bertz CT molecular complexity index is 808. The molecule has 2 bridgehead atoms. The average molecular weight is 413 g/mol. The van der Waals surface area contributed by atoms with Crippen LogP contribution in [0.15, 0.2) is 29.8 Å². The number of rotatable bonds is 4. The third-order valence-corrected chi connectivity index (χ3v) is 7.43. The molecule has 0 amide bonds. The van der Waals surface area contributed by atoms with E-state index in [1.807, 2.05) is 44.2 Å². The van der Waals surface area contributed by atoms with Crippen LogP contribution in [0.3, 0.4) is 0 Å². The van der Waals surface area contributed by atoms with Crippen molar-refractivity contribution >= 4 is 37.9 Å². The Kier molecular flexibility index (Phi) is 4.30. The summed E-state index contributed by atoms with van der Waals surface area (Å²) in [7, 11) is -4.21. The van der Waals surface area contributed by atoms with Gasteiger partial charge in [0.05, 0.1) is 11.2 Å². The van der Waals surface area contributed by atoms with Gasteiger partial charge in [0.2, 0.25) is 0 Å². The van der Waals surface area contributed by atoms with Gasteiger partial charge in [-0.05, 0) is 41.4 Å². The summed E-state index contributed by atoms with van der Waals surface area (Å²) >= 11 is 3.41. The van der Waals surface area contributed by atoms with Crippen LogP contribution in [0.25, 0.3) is 6.08 Å². The number of halogens is 1. The lowest BCUT2D eigenvalue weighted by molar-refractivity contribution is -0.125. The van der Waals surface area contributed by atoms with Crippen LogP contribution < -0.4 is 0 Å². The molecular weight excluding hydrogens is 392 g/mol. The number of benzene rings is 1. The summed E-state index contributed by atoms with van der Waals surface area (Å²) in [5, 5.41) is 0.774. The van der Waals surface area contributed by atoms with Gasteiger partial charge in [0, 0.05) is 10.9 Å². The zero-order valence-corrected chi connectivity index (χ0v) is 16.2. The quantitative estimate of drug-likeness (QED) is 0.462. The lowest BCUT2D eigenvalue weighted by atomic mass is 9.70. The molecule has 24 heavy (non-hydrogen) atoms. The molecule has 3 rings (SSSR count). The van der Waals surface area contributed by atoms with Crippen LogP contribution in [0, 0.1) is 16.7 Å². The highest BCUT2D eigenvalue weighted by molar-refractivity contribution is 9.08. The Morgan fingerprint density at radius 3 is 2.46 bits per heavy atom. The second-order valence-corrected chi connectivity index (χ2v) is 9.44. The number of Topliss-reactive ketones (excluding diaryl/α,β-unsaturated/α-hetero) is 1. The van der Waals surface area contributed by atoms with Crippen molar-refractivity contribution in [2.75, 3.05) is 5.75 Å². The molecule has 2 fully saturated rings. The van der Waals surface area contributed by atoms with Crippen molar-refractivity contribution < 1.29 is 17.8 Å². The zero-order chi connectivity index (χ0) is 17.8. The largest absolute Gasteiger partial charge is 0.294 e. The lowest BCUT2D eigenvalue weighted by Gasteiger charge is -2.34. The van der Waals surface area contributed by atoms with E-state index < -0.39 is 26.7 Å². The van der Waals surface area contributed by atoms with Crippen molar-refractivity contribution in [1.29, 1.82) is 0 Å². The van der Waals surface area contributed by atoms with Gasteiger partial charge in [-0.1, -0.05) is 54.0 Å². The molecule has 1 N–H and O–H groups in total. The second kappa shape index (κ2) is 5.78. The molecule has 0 aliphatic heterocycles. The van der Waals surface area contributed by atoms with Crippen molar-refractivity contribution in [2.45, 2.75) is 32.0 Å². The summed E-state index contributed by atoms with van der Waals surface area (Å²) in [4.78, 5) is 13.1. The summed E-state index contributed by atoms with van der Waals surface area (Å²) in [5.74, 6) is -0.573. The molecule has 6 heteroatoms. The minimum atomic E-state index is -4.21. The molecule has 2 unspecified atom stereocenters. The van der Waals surface area contributed by atoms with E-state index in [0.29, 0.717) is 12.0 Å². The first-order chi connectivity index (χ1) is 11.1. The van der Waals surface area contributed by atoms with Crippen molar-refractivity contribution in [1.82, 2.24) is 0 Å². The molecular formula is C18H21BrO4S. The minimum absolute atomic E-state index is 0.0302. The molecule has 2 saturated carbocycles. The van der Waals surface area contributed by atoms with E-state index >= 15 is 0 Å². The van der Waals surface area contributed by atoms with Crippen LogP contribution in [0.4, 0.5) is 0 Å². The number of alkyl halides is 1. The number of carbonyl (C=O) groups is 1. The van der Waals surface area contributed by atoms with Gasteiger partial charge in [-0.15, -0.1) is 0 Å². The zero-order valence-electron chi connectivity index (χ0n) is 13.8. The standard InChI is InChI=1S/C18H21BrO4S/c1-17(2)15-7-8-18(17,11-24(21,22)23)16(20)14(15)9-12-3-5-13(10-19)6-4-12/h3-6,9,15H,7-8,10-11H2,1-2H3,(H,21,22,23)/b14-9-. The van der Waals surface area contributed by atoms with E-state index in [-0.39, 0.29) is 11.7 Å². The molecule has 1 aromatic rings. The first-order valence-electron chi connectivity index (χ1n) is 7.97. The predicted molar refractivity (Wildman–Crippen MR) is 97.4 cm³/mol. The van der Waals surface area contributed by atoms with Crippen molar-refractivity contribution in [2.24, 2.45) is 16.7 Å². The first kappa shape index (κ1) is 17.8. The SMILES string of the molecule is CC1(C)C2CCC1(CS(=O)(=O)O)C(=O)/C2=C\c1ccc(CBr)cc1. The summed E-state index contributed by atoms with van der Waals surface area (Å²) in [6.07, 6.45) is 3.18. The Labute approximate surface area is 151 Å². The van der Waals surface area contributed by atoms with Crippen LogP contribution in [0.5, 0.6) is 0 Å². The lowest BCUT2D eigenvalue weighted by Crippen LogP contribution is -2.42. The first-order valence-corrected chi connectivity index (χ1v) is 10.7. The van der Waals surface area contributed by atoms with Crippen LogP contribution in [0.1, 0.15) is 37.8 Å². The van der Waals surface area contributed by atoms with Gasteiger partial charge in [0.25, 0.3) is 10.1 Å². The van der Waals surface area contributed by atoms with Gasteiger partial charge in [-0.3, -0.25) is 9.35 Å².